The molecule has 0 spiro atoms. The van der Waals surface area contributed by atoms with Gasteiger partial charge in [-0.15, -0.1) is 0 Å². The molecular formula is C50H100N2S2. The molecule has 0 aromatic heterocycles. The predicted octanol–water partition coefficient (Wildman–Crippen LogP) is 17.9. The fraction of sp³-hybridized carbons (Fsp3) is 0.960. The van der Waals surface area contributed by atoms with Crippen LogP contribution in [0.3, 0.4) is 0 Å². The van der Waals surface area contributed by atoms with Crippen LogP contribution in [0.5, 0.6) is 0 Å². The second-order valence-corrected chi connectivity index (χ2v) is 18.1. The maximum absolute atomic E-state index is 6.32. The zero-order valence-corrected chi connectivity index (χ0v) is 39.5. The van der Waals surface area contributed by atoms with Crippen molar-refractivity contribution in [2.24, 2.45) is 0 Å². The lowest BCUT2D eigenvalue weighted by Crippen LogP contribution is -2.44. The number of unbranched alkanes of at least 4 members (excludes halogenated alkanes) is 36. The molecule has 0 saturated carbocycles. The summed E-state index contributed by atoms with van der Waals surface area (Å²) in [5.74, 6) is 0. The summed E-state index contributed by atoms with van der Waals surface area (Å²) < 4.78 is 0. The predicted molar refractivity (Wildman–Crippen MR) is 256 cm³/mol. The van der Waals surface area contributed by atoms with Crippen molar-refractivity contribution in [3.05, 3.63) is 0 Å². The normalized spacial score (nSPS) is 11.4. The van der Waals surface area contributed by atoms with Gasteiger partial charge in [-0.2, -0.15) is 0 Å². The van der Waals surface area contributed by atoms with Crippen molar-refractivity contribution in [2.75, 3.05) is 26.2 Å². The van der Waals surface area contributed by atoms with Crippen LogP contribution < -0.4 is 0 Å². The van der Waals surface area contributed by atoms with E-state index in [-0.39, 0.29) is 0 Å². The Bertz CT molecular complexity index is 645. The number of hydrogen-bond acceptors (Lipinski definition) is 2. The first-order valence-corrected chi connectivity index (χ1v) is 26.0. The van der Waals surface area contributed by atoms with Gasteiger partial charge in [0.05, 0.1) is 0 Å². The van der Waals surface area contributed by atoms with Gasteiger partial charge < -0.3 is 9.80 Å². The summed E-state index contributed by atoms with van der Waals surface area (Å²) in [6, 6.07) is 0. The summed E-state index contributed by atoms with van der Waals surface area (Å²) in [4.78, 5) is 7.10. The lowest BCUT2D eigenvalue weighted by atomic mass is 10.1. The van der Waals surface area contributed by atoms with Crippen molar-refractivity contribution in [3.63, 3.8) is 0 Å². The van der Waals surface area contributed by atoms with Gasteiger partial charge in [0.2, 0.25) is 0 Å². The van der Waals surface area contributed by atoms with Gasteiger partial charge in [-0.3, -0.25) is 0 Å². The standard InChI is InChI=1S/C50H100N2S2/c1-5-9-13-17-21-25-29-33-37-41-45-51(46-42-38-34-30-26-22-18-14-10-6-2)49(53)50(54)52(47-43-39-35-31-27-23-19-15-11-7-3)48-44-40-36-32-28-24-20-16-12-8-4/h5-48H2,1-4H3. The largest absolute Gasteiger partial charge is 0.360 e. The van der Waals surface area contributed by atoms with E-state index in [2.05, 4.69) is 37.5 Å². The maximum atomic E-state index is 6.32. The van der Waals surface area contributed by atoms with E-state index in [1.165, 1.54) is 257 Å². The van der Waals surface area contributed by atoms with Crippen LogP contribution in [0.25, 0.3) is 0 Å². The van der Waals surface area contributed by atoms with E-state index in [9.17, 15) is 0 Å². The van der Waals surface area contributed by atoms with Crippen LogP contribution in [0, 0.1) is 0 Å². The summed E-state index contributed by atoms with van der Waals surface area (Å²) in [6.45, 7) is 13.6. The molecule has 0 fully saturated rings. The summed E-state index contributed by atoms with van der Waals surface area (Å²) in [7, 11) is 0. The third-order valence-corrected chi connectivity index (χ3v) is 12.9. The molecule has 0 saturated heterocycles. The molecule has 322 valence electrons. The lowest BCUT2D eigenvalue weighted by molar-refractivity contribution is 0.372. The Balaban J connectivity index is 5.03. The summed E-state index contributed by atoms with van der Waals surface area (Å²) in [6.07, 6.45) is 55.3. The molecule has 2 nitrogen and oxygen atoms in total. The highest BCUT2D eigenvalue weighted by Crippen LogP contribution is 2.17. The Hall–Kier alpha value is -0.220. The van der Waals surface area contributed by atoms with Crippen LogP contribution in [-0.4, -0.2) is 46.0 Å². The average Bonchev–Trinajstić information content (AvgIpc) is 3.18. The van der Waals surface area contributed by atoms with Gasteiger partial charge in [0.1, 0.15) is 9.98 Å². The summed E-state index contributed by atoms with van der Waals surface area (Å²) >= 11 is 12.6. The highest BCUT2D eigenvalue weighted by atomic mass is 32.1. The molecule has 0 aliphatic rings. The lowest BCUT2D eigenvalue weighted by Gasteiger charge is -2.32. The molecule has 0 rings (SSSR count). The molecule has 0 aromatic carbocycles. The molecule has 0 atom stereocenters. The number of thiocarbonyl (C=S) groups is 2. The fourth-order valence-corrected chi connectivity index (χ4v) is 8.68. The highest BCUT2D eigenvalue weighted by molar-refractivity contribution is 7.89. The Morgan fingerprint density at radius 1 is 0.222 bits per heavy atom. The minimum Gasteiger partial charge on any atom is -0.360 e. The van der Waals surface area contributed by atoms with Crippen molar-refractivity contribution < 1.29 is 0 Å². The SMILES string of the molecule is CCCCCCCCCCCCN(CCCCCCCCCCCC)C(=S)C(=S)N(CCCCCCCCCCCC)CCCCCCCCCCCC. The molecule has 0 radical (unpaired) electrons. The van der Waals surface area contributed by atoms with Crippen molar-refractivity contribution in [1.29, 1.82) is 0 Å². The van der Waals surface area contributed by atoms with Crippen LogP contribution in [0.1, 0.15) is 285 Å². The Labute approximate surface area is 353 Å². The molecule has 0 aliphatic carbocycles. The number of nitrogens with zero attached hydrogens (tertiary/aromatic N) is 2. The second kappa shape index (κ2) is 45.5. The summed E-state index contributed by atoms with van der Waals surface area (Å²) in [5.41, 5.74) is 0. The van der Waals surface area contributed by atoms with Crippen LogP contribution in [0.2, 0.25) is 0 Å². The first-order valence-electron chi connectivity index (χ1n) is 25.2. The molecule has 4 heteroatoms. The zero-order valence-electron chi connectivity index (χ0n) is 37.8. The first kappa shape index (κ1) is 53.8. The quantitative estimate of drug-likeness (QED) is 0.0448. The third kappa shape index (κ3) is 37.4. The van der Waals surface area contributed by atoms with E-state index in [1.54, 1.807) is 0 Å². The molecule has 0 aliphatic heterocycles. The molecule has 54 heavy (non-hydrogen) atoms. The molecular weight excluding hydrogens is 693 g/mol. The van der Waals surface area contributed by atoms with E-state index in [0.717, 1.165) is 36.2 Å². The van der Waals surface area contributed by atoms with Gasteiger partial charge in [-0.1, -0.05) is 283 Å². The minimum atomic E-state index is 0.996. The fourth-order valence-electron chi connectivity index (χ4n) is 8.06. The molecule has 0 amide bonds. The highest BCUT2D eigenvalue weighted by Gasteiger charge is 2.19. The van der Waals surface area contributed by atoms with Crippen molar-refractivity contribution in [3.8, 4) is 0 Å². The minimum absolute atomic E-state index is 0.996. The van der Waals surface area contributed by atoms with Gasteiger partial charge in [0, 0.05) is 26.2 Å². The van der Waals surface area contributed by atoms with E-state index in [4.69, 9.17) is 24.4 Å². The third-order valence-electron chi connectivity index (χ3n) is 11.9. The molecule has 0 heterocycles. The van der Waals surface area contributed by atoms with Gasteiger partial charge >= 0.3 is 0 Å². The number of rotatable bonds is 44. The van der Waals surface area contributed by atoms with Crippen molar-refractivity contribution in [1.82, 2.24) is 9.80 Å². The molecule has 0 bridgehead atoms. The second-order valence-electron chi connectivity index (χ2n) is 17.3. The van der Waals surface area contributed by atoms with E-state index in [0.29, 0.717) is 0 Å². The monoisotopic (exact) mass is 793 g/mol. The van der Waals surface area contributed by atoms with Crippen LogP contribution in [-0.2, 0) is 0 Å². The molecule has 0 N–H and O–H groups in total. The van der Waals surface area contributed by atoms with Crippen LogP contribution >= 0.6 is 24.4 Å². The smallest absolute Gasteiger partial charge is 0.136 e. The molecule has 0 aromatic rings. The summed E-state index contributed by atoms with van der Waals surface area (Å²) in [5, 5.41) is 0. The van der Waals surface area contributed by atoms with E-state index >= 15 is 0 Å². The molecule has 0 unspecified atom stereocenters. The van der Waals surface area contributed by atoms with Gasteiger partial charge in [0.15, 0.2) is 0 Å². The van der Waals surface area contributed by atoms with Crippen LogP contribution in [0.4, 0.5) is 0 Å². The van der Waals surface area contributed by atoms with Gasteiger partial charge in [0.25, 0.3) is 0 Å². The van der Waals surface area contributed by atoms with Gasteiger partial charge in [-0.25, -0.2) is 0 Å². The van der Waals surface area contributed by atoms with Crippen molar-refractivity contribution in [2.45, 2.75) is 285 Å². The van der Waals surface area contributed by atoms with E-state index in [1.807, 2.05) is 0 Å². The topological polar surface area (TPSA) is 6.48 Å². The number of hydrogen-bond donors (Lipinski definition) is 0. The van der Waals surface area contributed by atoms with E-state index < -0.39 is 0 Å². The average molecular weight is 793 g/mol. The maximum Gasteiger partial charge on any atom is 0.136 e. The Morgan fingerprint density at radius 3 is 0.500 bits per heavy atom. The Morgan fingerprint density at radius 2 is 0.352 bits per heavy atom. The van der Waals surface area contributed by atoms with Gasteiger partial charge in [-0.05, 0) is 25.7 Å². The van der Waals surface area contributed by atoms with Crippen molar-refractivity contribution >= 4 is 34.4 Å². The Kier molecular flexibility index (Phi) is 45.3. The van der Waals surface area contributed by atoms with Crippen LogP contribution in [0.15, 0.2) is 0 Å². The zero-order chi connectivity index (χ0) is 39.4. The first-order chi connectivity index (χ1) is 26.6.